The van der Waals surface area contributed by atoms with Gasteiger partial charge in [0.25, 0.3) is 0 Å². The highest BCUT2D eigenvalue weighted by Crippen LogP contribution is 2.29. The largest absolute Gasteiger partial charge is 0.455 e. The Morgan fingerprint density at radius 1 is 1.00 bits per heavy atom. The first-order valence-electron chi connectivity index (χ1n) is 5.22. The lowest BCUT2D eigenvalue weighted by molar-refractivity contribution is 0.668. The molecule has 3 aromatic rings. The molecule has 0 atom stereocenters. The number of fused-ring (bicyclic) bond motifs is 3. The van der Waals surface area contributed by atoms with E-state index in [9.17, 15) is 0 Å². The third-order valence-corrected chi connectivity index (χ3v) is 2.70. The predicted octanol–water partition coefficient (Wildman–Crippen LogP) is 3.63. The maximum atomic E-state index is 5.84. The fourth-order valence-electron chi connectivity index (χ4n) is 2.01. The minimum absolute atomic E-state index is 0.911. The van der Waals surface area contributed by atoms with E-state index in [2.05, 4.69) is 17.1 Å². The molecule has 2 aromatic carbocycles. The summed E-state index contributed by atoms with van der Waals surface area (Å²) in [6.45, 7) is 0. The number of benzene rings is 2. The number of furan rings is 1. The summed E-state index contributed by atoms with van der Waals surface area (Å²) in [4.78, 5) is 4.04. The Morgan fingerprint density at radius 2 is 1.81 bits per heavy atom. The number of aliphatic imine (C=N–C) groups is 1. The van der Waals surface area contributed by atoms with Crippen LogP contribution < -0.4 is 0 Å². The second-order valence-corrected chi connectivity index (χ2v) is 3.71. The van der Waals surface area contributed by atoms with E-state index in [0.717, 1.165) is 27.5 Å². The SMILES string of the molecule is CN=Cc1cccc2c1oc1ccccc12. The van der Waals surface area contributed by atoms with E-state index in [4.69, 9.17) is 4.42 Å². The topological polar surface area (TPSA) is 25.5 Å². The van der Waals surface area contributed by atoms with Crippen molar-refractivity contribution >= 4 is 28.2 Å². The molecule has 16 heavy (non-hydrogen) atoms. The zero-order valence-electron chi connectivity index (χ0n) is 8.97. The zero-order chi connectivity index (χ0) is 11.0. The monoisotopic (exact) mass is 209 g/mol. The number of para-hydroxylation sites is 2. The van der Waals surface area contributed by atoms with Crippen LogP contribution in [0.15, 0.2) is 51.9 Å². The fraction of sp³-hybridized carbons (Fsp3) is 0.0714. The van der Waals surface area contributed by atoms with E-state index in [-0.39, 0.29) is 0 Å². The van der Waals surface area contributed by atoms with Gasteiger partial charge in [0.2, 0.25) is 0 Å². The van der Waals surface area contributed by atoms with Crippen molar-refractivity contribution in [2.75, 3.05) is 7.05 Å². The van der Waals surface area contributed by atoms with Gasteiger partial charge in [0.1, 0.15) is 11.2 Å². The van der Waals surface area contributed by atoms with Gasteiger partial charge in [-0.05, 0) is 12.1 Å². The fourth-order valence-corrected chi connectivity index (χ4v) is 2.01. The Balaban J connectivity index is 2.48. The molecule has 1 aromatic heterocycles. The number of nitrogens with zero attached hydrogens (tertiary/aromatic N) is 1. The first-order chi connectivity index (χ1) is 7.90. The second-order valence-electron chi connectivity index (χ2n) is 3.71. The predicted molar refractivity (Wildman–Crippen MR) is 67.2 cm³/mol. The van der Waals surface area contributed by atoms with Crippen LogP contribution in [0, 0.1) is 0 Å². The average Bonchev–Trinajstić information content (AvgIpc) is 2.69. The van der Waals surface area contributed by atoms with Crippen molar-refractivity contribution < 1.29 is 4.42 Å². The summed E-state index contributed by atoms with van der Waals surface area (Å²) in [6.07, 6.45) is 1.82. The third kappa shape index (κ3) is 1.23. The van der Waals surface area contributed by atoms with Crippen LogP contribution in [0.4, 0.5) is 0 Å². The van der Waals surface area contributed by atoms with E-state index in [1.165, 1.54) is 0 Å². The standard InChI is InChI=1S/C14H11NO/c1-15-9-10-5-4-7-12-11-6-2-3-8-13(11)16-14(10)12/h2-9H,1H3. The van der Waals surface area contributed by atoms with Crippen molar-refractivity contribution in [3.05, 3.63) is 48.0 Å². The molecular weight excluding hydrogens is 198 g/mol. The van der Waals surface area contributed by atoms with Gasteiger partial charge in [0.15, 0.2) is 0 Å². The summed E-state index contributed by atoms with van der Waals surface area (Å²) in [6, 6.07) is 14.2. The summed E-state index contributed by atoms with van der Waals surface area (Å²) in [5.74, 6) is 0. The third-order valence-electron chi connectivity index (χ3n) is 2.70. The quantitative estimate of drug-likeness (QED) is 0.562. The van der Waals surface area contributed by atoms with E-state index in [1.54, 1.807) is 7.05 Å². The maximum absolute atomic E-state index is 5.84. The van der Waals surface area contributed by atoms with Crippen LogP contribution in [-0.2, 0) is 0 Å². The van der Waals surface area contributed by atoms with E-state index in [0.29, 0.717) is 0 Å². The van der Waals surface area contributed by atoms with Crippen LogP contribution in [0.2, 0.25) is 0 Å². The van der Waals surface area contributed by atoms with Crippen molar-refractivity contribution in [2.24, 2.45) is 4.99 Å². The molecule has 3 rings (SSSR count). The molecule has 0 radical (unpaired) electrons. The highest BCUT2D eigenvalue weighted by molar-refractivity contribution is 6.09. The molecule has 0 amide bonds. The normalized spacial score (nSPS) is 11.8. The molecule has 0 aliphatic carbocycles. The summed E-state index contributed by atoms with van der Waals surface area (Å²) in [5.41, 5.74) is 2.86. The van der Waals surface area contributed by atoms with Crippen LogP contribution in [0.1, 0.15) is 5.56 Å². The molecule has 78 valence electrons. The Labute approximate surface area is 93.2 Å². The molecule has 0 N–H and O–H groups in total. The number of hydrogen-bond donors (Lipinski definition) is 0. The maximum Gasteiger partial charge on any atom is 0.144 e. The van der Waals surface area contributed by atoms with Gasteiger partial charge in [-0.15, -0.1) is 0 Å². The van der Waals surface area contributed by atoms with Crippen LogP contribution in [-0.4, -0.2) is 13.3 Å². The lowest BCUT2D eigenvalue weighted by atomic mass is 10.1. The minimum atomic E-state index is 0.911. The minimum Gasteiger partial charge on any atom is -0.455 e. The van der Waals surface area contributed by atoms with Gasteiger partial charge in [-0.25, -0.2) is 0 Å². The van der Waals surface area contributed by atoms with Gasteiger partial charge in [-0.3, -0.25) is 4.99 Å². The van der Waals surface area contributed by atoms with Gasteiger partial charge in [-0.2, -0.15) is 0 Å². The molecule has 0 aliphatic rings. The second kappa shape index (κ2) is 3.49. The molecule has 0 fully saturated rings. The van der Waals surface area contributed by atoms with Gasteiger partial charge >= 0.3 is 0 Å². The van der Waals surface area contributed by atoms with Crippen molar-refractivity contribution in [1.82, 2.24) is 0 Å². The Bertz CT molecular complexity index is 679. The summed E-state index contributed by atoms with van der Waals surface area (Å²) in [7, 11) is 1.77. The van der Waals surface area contributed by atoms with Crippen LogP contribution in [0.25, 0.3) is 21.9 Å². The van der Waals surface area contributed by atoms with Crippen molar-refractivity contribution in [3.63, 3.8) is 0 Å². The molecule has 2 nitrogen and oxygen atoms in total. The smallest absolute Gasteiger partial charge is 0.144 e. The molecule has 1 heterocycles. The van der Waals surface area contributed by atoms with E-state index in [1.807, 2.05) is 36.5 Å². The van der Waals surface area contributed by atoms with E-state index < -0.39 is 0 Å². The zero-order valence-corrected chi connectivity index (χ0v) is 8.97. The Morgan fingerprint density at radius 3 is 2.69 bits per heavy atom. The van der Waals surface area contributed by atoms with Crippen molar-refractivity contribution in [1.29, 1.82) is 0 Å². The van der Waals surface area contributed by atoms with E-state index >= 15 is 0 Å². The first-order valence-corrected chi connectivity index (χ1v) is 5.22. The summed E-state index contributed by atoms with van der Waals surface area (Å²) < 4.78 is 5.84. The molecule has 0 bridgehead atoms. The van der Waals surface area contributed by atoms with Gasteiger partial charge < -0.3 is 4.42 Å². The Kier molecular flexibility index (Phi) is 2.00. The van der Waals surface area contributed by atoms with Crippen molar-refractivity contribution in [3.8, 4) is 0 Å². The van der Waals surface area contributed by atoms with Gasteiger partial charge in [-0.1, -0.05) is 30.3 Å². The first kappa shape index (κ1) is 9.16. The van der Waals surface area contributed by atoms with Crippen molar-refractivity contribution in [2.45, 2.75) is 0 Å². The number of rotatable bonds is 1. The Hall–Kier alpha value is -2.09. The molecular formula is C14H11NO. The highest BCUT2D eigenvalue weighted by atomic mass is 16.3. The lowest BCUT2D eigenvalue weighted by Crippen LogP contribution is -1.80. The molecule has 0 saturated heterocycles. The van der Waals surface area contributed by atoms with Gasteiger partial charge in [0, 0.05) is 29.6 Å². The van der Waals surface area contributed by atoms with Crippen LogP contribution in [0.5, 0.6) is 0 Å². The molecule has 0 spiro atoms. The molecule has 0 unspecified atom stereocenters. The summed E-state index contributed by atoms with van der Waals surface area (Å²) in [5, 5.41) is 2.30. The molecule has 0 saturated carbocycles. The molecule has 0 aliphatic heterocycles. The highest BCUT2D eigenvalue weighted by Gasteiger charge is 2.07. The number of hydrogen-bond acceptors (Lipinski definition) is 2. The average molecular weight is 209 g/mol. The van der Waals surface area contributed by atoms with Crippen LogP contribution >= 0.6 is 0 Å². The van der Waals surface area contributed by atoms with Crippen LogP contribution in [0.3, 0.4) is 0 Å². The van der Waals surface area contributed by atoms with Gasteiger partial charge in [0.05, 0.1) is 0 Å². The molecule has 2 heteroatoms. The lowest BCUT2D eigenvalue weighted by Gasteiger charge is -1.93. The summed E-state index contributed by atoms with van der Waals surface area (Å²) >= 11 is 0.